The number of piperidine rings is 1. The van der Waals surface area contributed by atoms with Crippen molar-refractivity contribution in [2.75, 3.05) is 32.7 Å². The number of rotatable bonds is 3. The van der Waals surface area contributed by atoms with E-state index in [2.05, 4.69) is 17.1 Å². The zero-order valence-corrected chi connectivity index (χ0v) is 9.47. The molecule has 82 valence electrons. The standard InChI is InChI=1S/C12H24N2/c1-2-11-5-8-14(9-11)10-12-3-6-13-7-4-12/h11-13H,2-10H2,1H3/t11-/m1/s1. The molecule has 0 unspecified atom stereocenters. The van der Waals surface area contributed by atoms with E-state index in [0.29, 0.717) is 0 Å². The van der Waals surface area contributed by atoms with Gasteiger partial charge in [-0.15, -0.1) is 0 Å². The first-order valence-corrected chi connectivity index (χ1v) is 6.31. The van der Waals surface area contributed by atoms with Crippen LogP contribution in [0.4, 0.5) is 0 Å². The molecule has 0 spiro atoms. The van der Waals surface area contributed by atoms with E-state index in [-0.39, 0.29) is 0 Å². The molecular weight excluding hydrogens is 172 g/mol. The average molecular weight is 196 g/mol. The second-order valence-corrected chi connectivity index (χ2v) is 5.02. The van der Waals surface area contributed by atoms with Gasteiger partial charge in [-0.1, -0.05) is 13.3 Å². The van der Waals surface area contributed by atoms with Crippen molar-refractivity contribution in [3.8, 4) is 0 Å². The van der Waals surface area contributed by atoms with Crippen LogP contribution < -0.4 is 5.32 Å². The zero-order valence-electron chi connectivity index (χ0n) is 9.47. The lowest BCUT2D eigenvalue weighted by Crippen LogP contribution is -2.35. The summed E-state index contributed by atoms with van der Waals surface area (Å²) in [4.78, 5) is 2.70. The Bertz CT molecular complexity index is 164. The first-order valence-electron chi connectivity index (χ1n) is 6.31. The topological polar surface area (TPSA) is 15.3 Å². The molecule has 0 aromatic rings. The van der Waals surface area contributed by atoms with Gasteiger partial charge in [0.15, 0.2) is 0 Å². The average Bonchev–Trinajstić information content (AvgIpc) is 2.67. The minimum atomic E-state index is 0.979. The highest BCUT2D eigenvalue weighted by Crippen LogP contribution is 2.22. The van der Waals surface area contributed by atoms with E-state index in [4.69, 9.17) is 0 Å². The van der Waals surface area contributed by atoms with Crippen molar-refractivity contribution < 1.29 is 0 Å². The fraction of sp³-hybridized carbons (Fsp3) is 1.00. The molecule has 2 nitrogen and oxygen atoms in total. The molecule has 0 aliphatic carbocycles. The molecule has 2 heterocycles. The van der Waals surface area contributed by atoms with Crippen molar-refractivity contribution >= 4 is 0 Å². The van der Waals surface area contributed by atoms with E-state index in [1.54, 1.807) is 0 Å². The van der Waals surface area contributed by atoms with Crippen LogP contribution >= 0.6 is 0 Å². The molecule has 2 fully saturated rings. The van der Waals surface area contributed by atoms with Crippen LogP contribution in [0.5, 0.6) is 0 Å². The minimum Gasteiger partial charge on any atom is -0.317 e. The van der Waals surface area contributed by atoms with Crippen LogP contribution in [0.15, 0.2) is 0 Å². The summed E-state index contributed by atoms with van der Waals surface area (Å²) >= 11 is 0. The predicted molar refractivity (Wildman–Crippen MR) is 60.4 cm³/mol. The van der Waals surface area contributed by atoms with E-state index >= 15 is 0 Å². The molecule has 0 aromatic heterocycles. The summed E-state index contributed by atoms with van der Waals surface area (Å²) in [7, 11) is 0. The van der Waals surface area contributed by atoms with Crippen molar-refractivity contribution in [1.82, 2.24) is 10.2 Å². The summed E-state index contributed by atoms with van der Waals surface area (Å²) in [5.74, 6) is 1.98. The fourth-order valence-electron chi connectivity index (χ4n) is 2.84. The maximum atomic E-state index is 3.44. The lowest BCUT2D eigenvalue weighted by atomic mass is 9.98. The molecule has 0 saturated carbocycles. The minimum absolute atomic E-state index is 0.979. The Balaban J connectivity index is 1.69. The second kappa shape index (κ2) is 5.13. The SMILES string of the molecule is CC[C@@H]1CCN(CC2CCNCC2)C1. The van der Waals surface area contributed by atoms with Crippen molar-refractivity contribution in [2.45, 2.75) is 32.6 Å². The van der Waals surface area contributed by atoms with Gasteiger partial charge >= 0.3 is 0 Å². The van der Waals surface area contributed by atoms with Gasteiger partial charge in [0.25, 0.3) is 0 Å². The fourth-order valence-corrected chi connectivity index (χ4v) is 2.84. The predicted octanol–water partition coefficient (Wildman–Crippen LogP) is 1.72. The Morgan fingerprint density at radius 1 is 1.14 bits per heavy atom. The third-order valence-electron chi connectivity index (χ3n) is 3.92. The van der Waals surface area contributed by atoms with E-state index in [0.717, 1.165) is 11.8 Å². The van der Waals surface area contributed by atoms with Crippen molar-refractivity contribution in [1.29, 1.82) is 0 Å². The van der Waals surface area contributed by atoms with Gasteiger partial charge in [-0.2, -0.15) is 0 Å². The van der Waals surface area contributed by atoms with Gasteiger partial charge in [0.2, 0.25) is 0 Å². The van der Waals surface area contributed by atoms with Crippen LogP contribution in [0.2, 0.25) is 0 Å². The Kier molecular flexibility index (Phi) is 3.82. The third-order valence-corrected chi connectivity index (χ3v) is 3.92. The Morgan fingerprint density at radius 3 is 2.57 bits per heavy atom. The van der Waals surface area contributed by atoms with Crippen LogP contribution in [0, 0.1) is 11.8 Å². The number of nitrogens with one attached hydrogen (secondary N) is 1. The smallest absolute Gasteiger partial charge is 0.00107 e. The van der Waals surface area contributed by atoms with Gasteiger partial charge < -0.3 is 10.2 Å². The summed E-state index contributed by atoms with van der Waals surface area (Å²) in [6.45, 7) is 8.94. The molecule has 0 radical (unpaired) electrons. The maximum Gasteiger partial charge on any atom is 0.00107 e. The highest BCUT2D eigenvalue weighted by Gasteiger charge is 2.23. The molecule has 0 bridgehead atoms. The van der Waals surface area contributed by atoms with Crippen LogP contribution in [0.1, 0.15) is 32.6 Å². The van der Waals surface area contributed by atoms with Gasteiger partial charge in [0.05, 0.1) is 0 Å². The molecule has 2 heteroatoms. The third kappa shape index (κ3) is 2.71. The first kappa shape index (κ1) is 10.4. The Labute approximate surface area is 88.1 Å². The van der Waals surface area contributed by atoms with E-state index in [9.17, 15) is 0 Å². The Hall–Kier alpha value is -0.0800. The van der Waals surface area contributed by atoms with E-state index < -0.39 is 0 Å². The number of hydrogen-bond acceptors (Lipinski definition) is 2. The molecule has 2 aliphatic rings. The normalized spacial score (nSPS) is 31.1. The highest BCUT2D eigenvalue weighted by atomic mass is 15.1. The van der Waals surface area contributed by atoms with E-state index in [1.165, 1.54) is 58.4 Å². The first-order chi connectivity index (χ1) is 6.88. The van der Waals surface area contributed by atoms with Gasteiger partial charge in [-0.3, -0.25) is 0 Å². The maximum absolute atomic E-state index is 3.44. The highest BCUT2D eigenvalue weighted by molar-refractivity contribution is 4.78. The van der Waals surface area contributed by atoms with Crippen LogP contribution in [0.3, 0.4) is 0 Å². The monoisotopic (exact) mass is 196 g/mol. The molecule has 2 rings (SSSR count). The molecule has 1 atom stereocenters. The molecule has 2 saturated heterocycles. The Morgan fingerprint density at radius 2 is 1.93 bits per heavy atom. The second-order valence-electron chi connectivity index (χ2n) is 5.02. The van der Waals surface area contributed by atoms with Crippen molar-refractivity contribution in [3.63, 3.8) is 0 Å². The summed E-state index contributed by atoms with van der Waals surface area (Å²) in [5.41, 5.74) is 0. The number of hydrogen-bond donors (Lipinski definition) is 1. The molecule has 14 heavy (non-hydrogen) atoms. The largest absolute Gasteiger partial charge is 0.317 e. The van der Waals surface area contributed by atoms with Crippen LogP contribution in [0.25, 0.3) is 0 Å². The van der Waals surface area contributed by atoms with Gasteiger partial charge in [0, 0.05) is 13.1 Å². The number of likely N-dealkylation sites (tertiary alicyclic amines) is 1. The summed E-state index contributed by atoms with van der Waals surface area (Å²) < 4.78 is 0. The van der Waals surface area contributed by atoms with Gasteiger partial charge in [-0.05, 0) is 50.7 Å². The lowest BCUT2D eigenvalue weighted by molar-refractivity contribution is 0.234. The summed E-state index contributed by atoms with van der Waals surface area (Å²) in [6.07, 6.45) is 5.62. The molecule has 0 aromatic carbocycles. The zero-order chi connectivity index (χ0) is 9.80. The summed E-state index contributed by atoms with van der Waals surface area (Å²) in [6, 6.07) is 0. The van der Waals surface area contributed by atoms with Gasteiger partial charge in [0.1, 0.15) is 0 Å². The van der Waals surface area contributed by atoms with Crippen molar-refractivity contribution in [3.05, 3.63) is 0 Å². The summed E-state index contributed by atoms with van der Waals surface area (Å²) in [5, 5.41) is 3.44. The lowest BCUT2D eigenvalue weighted by Gasteiger charge is -2.27. The van der Waals surface area contributed by atoms with Crippen LogP contribution in [-0.2, 0) is 0 Å². The van der Waals surface area contributed by atoms with Gasteiger partial charge in [-0.25, -0.2) is 0 Å². The quantitative estimate of drug-likeness (QED) is 0.739. The molecule has 1 N–H and O–H groups in total. The molecular formula is C12H24N2. The molecule has 0 amide bonds. The number of nitrogens with zero attached hydrogens (tertiary/aromatic N) is 1. The van der Waals surface area contributed by atoms with E-state index in [1.807, 2.05) is 0 Å². The molecule has 2 aliphatic heterocycles. The van der Waals surface area contributed by atoms with Crippen LogP contribution in [-0.4, -0.2) is 37.6 Å². The van der Waals surface area contributed by atoms with Crippen molar-refractivity contribution in [2.24, 2.45) is 11.8 Å².